The smallest absolute Gasteiger partial charge is 0.307 e. The van der Waals surface area contributed by atoms with E-state index in [4.69, 9.17) is 19.4 Å². The maximum atomic E-state index is 14.8. The highest BCUT2D eigenvalue weighted by Gasteiger charge is 2.62. The van der Waals surface area contributed by atoms with E-state index in [1.807, 2.05) is 48.8 Å². The van der Waals surface area contributed by atoms with Crippen LogP contribution >= 0.6 is 11.3 Å². The summed E-state index contributed by atoms with van der Waals surface area (Å²) in [5.74, 6) is -2.61. The highest BCUT2D eigenvalue weighted by Crippen LogP contribution is 2.57. The number of sulfonamides is 1. The highest BCUT2D eigenvalue weighted by molar-refractivity contribution is 7.91. The first-order valence-electron chi connectivity index (χ1n) is 21.6. The molecule has 1 N–H and O–H groups in total. The number of Topliss-reactive ketones (excluding diaryl/α,β-unsaturated/α-hetero) is 1. The van der Waals surface area contributed by atoms with Crippen molar-refractivity contribution >= 4 is 56.0 Å². The lowest BCUT2D eigenvalue weighted by Crippen LogP contribution is -2.47. The summed E-state index contributed by atoms with van der Waals surface area (Å²) in [4.78, 5) is 68.4. The molecule has 0 spiro atoms. The van der Waals surface area contributed by atoms with Crippen LogP contribution in [0.25, 0.3) is 21.6 Å². The Bertz CT molecular complexity index is 2280. The van der Waals surface area contributed by atoms with E-state index in [2.05, 4.69) is 23.9 Å². The molecular weight excluding hydrogens is 803 g/mol. The molecule has 2 saturated carbocycles. The van der Waals surface area contributed by atoms with Crippen LogP contribution in [-0.4, -0.2) is 80.5 Å². The molecule has 13 nitrogen and oxygen atoms in total. The average Bonchev–Trinajstić information content (AvgIpc) is 3.82. The summed E-state index contributed by atoms with van der Waals surface area (Å²) >= 11 is 1.57. The first-order valence-corrected chi connectivity index (χ1v) is 24.0. The summed E-state index contributed by atoms with van der Waals surface area (Å²) in [5, 5.41) is 2.92. The minimum Gasteiger partial charge on any atom is -0.460 e. The molecule has 60 heavy (non-hydrogen) atoms. The standard InChI is InChI=1S/C45H61N5O8S2/c1-27(2)33-26-59-39(46-33)32-17-14-18-34-38(32)47-42(50(34)28(3)4)57-31-22-35-36(51)24-45(41(54)48-60(55,56)44(8)19-20-44)23-30(45)16-13-11-9-10-12-15-29(40(53)49(35)25-31)21-37(52)58-43(5,6)7/h13-14,16-18,26-31,35H,9-12,15,19-25H2,1-8H3,(H,48,54)/b16-13-/t29-,30-,31-,35+,45-/m1/s1. The number of imidazole rings is 1. The van der Waals surface area contributed by atoms with Gasteiger partial charge in [-0.15, -0.1) is 11.3 Å². The molecule has 2 amide bonds. The summed E-state index contributed by atoms with van der Waals surface area (Å²) in [7, 11) is -3.95. The second-order valence-corrected chi connectivity index (χ2v) is 22.3. The van der Waals surface area contributed by atoms with Crippen molar-refractivity contribution in [3.63, 3.8) is 0 Å². The third kappa shape index (κ3) is 9.07. The van der Waals surface area contributed by atoms with Gasteiger partial charge in [0.2, 0.25) is 21.8 Å². The number of nitrogens with zero attached hydrogens (tertiary/aromatic N) is 4. The lowest BCUT2D eigenvalue weighted by molar-refractivity contribution is -0.159. The van der Waals surface area contributed by atoms with Crippen molar-refractivity contribution in [3.05, 3.63) is 41.4 Å². The van der Waals surface area contributed by atoms with Gasteiger partial charge < -0.3 is 14.4 Å². The fourth-order valence-corrected chi connectivity index (χ4v) is 11.0. The normalized spacial score (nSPS) is 26.6. The Morgan fingerprint density at radius 1 is 1.07 bits per heavy atom. The van der Waals surface area contributed by atoms with Crippen LogP contribution in [0.1, 0.15) is 144 Å². The van der Waals surface area contributed by atoms with Gasteiger partial charge in [0.25, 0.3) is 6.01 Å². The maximum absolute atomic E-state index is 14.8. The summed E-state index contributed by atoms with van der Waals surface area (Å²) in [6, 6.07) is 5.31. The molecule has 3 aromatic rings. The van der Waals surface area contributed by atoms with Crippen molar-refractivity contribution in [1.82, 2.24) is 24.2 Å². The zero-order chi connectivity index (χ0) is 43.4. The molecule has 4 aliphatic rings. The van der Waals surface area contributed by atoms with E-state index in [0.717, 1.165) is 46.6 Å². The third-order valence-corrected chi connectivity index (χ3v) is 15.7. The van der Waals surface area contributed by atoms with E-state index in [0.29, 0.717) is 38.1 Å². The second kappa shape index (κ2) is 16.6. The van der Waals surface area contributed by atoms with Crippen molar-refractivity contribution in [2.24, 2.45) is 17.3 Å². The van der Waals surface area contributed by atoms with Crippen molar-refractivity contribution < 1.29 is 37.1 Å². The molecular formula is C45H61N5O8S2. The van der Waals surface area contributed by atoms with Crippen LogP contribution in [0, 0.1) is 17.3 Å². The monoisotopic (exact) mass is 863 g/mol. The number of benzene rings is 1. The van der Waals surface area contributed by atoms with E-state index >= 15 is 0 Å². The van der Waals surface area contributed by atoms with Crippen LogP contribution in [0.3, 0.4) is 0 Å². The number of esters is 1. The topological polar surface area (TPSA) is 167 Å². The van der Waals surface area contributed by atoms with Gasteiger partial charge in [0.05, 0.1) is 40.4 Å². The number of para-hydroxylation sites is 1. The minimum absolute atomic E-state index is 0.0523. The van der Waals surface area contributed by atoms with Gasteiger partial charge in [0.1, 0.15) is 22.2 Å². The number of rotatable bonds is 10. The number of carbonyl (C=O) groups excluding carboxylic acids is 4. The van der Waals surface area contributed by atoms with Gasteiger partial charge in [0.15, 0.2) is 5.78 Å². The first kappa shape index (κ1) is 44.0. The highest BCUT2D eigenvalue weighted by atomic mass is 32.2. The Hall–Kier alpha value is -4.11. The molecule has 1 saturated heterocycles. The van der Waals surface area contributed by atoms with Gasteiger partial charge in [-0.25, -0.2) is 13.4 Å². The third-order valence-electron chi connectivity index (χ3n) is 12.6. The molecule has 5 atom stereocenters. The number of aromatic nitrogens is 3. The number of nitrogens with one attached hydrogen (secondary N) is 1. The Kier molecular flexibility index (Phi) is 12.2. The van der Waals surface area contributed by atoms with Gasteiger partial charge in [-0.3, -0.25) is 28.5 Å². The van der Waals surface area contributed by atoms with Gasteiger partial charge in [-0.2, -0.15) is 4.98 Å². The number of hydrogen-bond donors (Lipinski definition) is 1. The molecule has 0 unspecified atom stereocenters. The second-order valence-electron chi connectivity index (χ2n) is 19.3. The molecule has 3 fully saturated rings. The van der Waals surface area contributed by atoms with Crippen LogP contribution in [0.15, 0.2) is 35.7 Å². The molecule has 15 heteroatoms. The molecule has 7 rings (SSSR count). The predicted molar refractivity (Wildman–Crippen MR) is 231 cm³/mol. The van der Waals surface area contributed by atoms with Crippen molar-refractivity contribution in [3.8, 4) is 16.6 Å². The number of hydrogen-bond acceptors (Lipinski definition) is 11. The minimum atomic E-state index is -3.95. The van der Waals surface area contributed by atoms with E-state index in [-0.39, 0.29) is 55.4 Å². The quantitative estimate of drug-likeness (QED) is 0.156. The fourth-order valence-electron chi connectivity index (χ4n) is 8.68. The zero-order valence-electron chi connectivity index (χ0n) is 36.3. The summed E-state index contributed by atoms with van der Waals surface area (Å²) in [6.07, 6.45) is 7.87. The van der Waals surface area contributed by atoms with Crippen LogP contribution in [0.4, 0.5) is 0 Å². The van der Waals surface area contributed by atoms with Crippen molar-refractivity contribution in [2.45, 2.75) is 160 Å². The average molecular weight is 864 g/mol. The molecule has 2 aliphatic carbocycles. The molecule has 4 heterocycles. The van der Waals surface area contributed by atoms with Gasteiger partial charge in [-0.05, 0) is 104 Å². The van der Waals surface area contributed by atoms with E-state index < -0.39 is 55.7 Å². The lowest BCUT2D eigenvalue weighted by Gasteiger charge is -2.29. The van der Waals surface area contributed by atoms with Gasteiger partial charge in [0, 0.05) is 35.7 Å². The van der Waals surface area contributed by atoms with Crippen LogP contribution in [0.2, 0.25) is 0 Å². The lowest BCUT2D eigenvalue weighted by atomic mass is 9.90. The Balaban J connectivity index is 1.22. The SMILES string of the molecule is CC(C)c1csc(-c2cccc3c2nc(O[C@@H]2C[C@H]4C(=O)C[C@]5(C(=O)NS(=O)(=O)C6(C)CC6)C[C@H]5/C=C\CCCCC[C@H](CC(=O)OC(C)(C)C)C(=O)N4C2)n3C(C)C)n1. The first-order chi connectivity index (χ1) is 28.2. The van der Waals surface area contributed by atoms with Crippen molar-refractivity contribution in [2.75, 3.05) is 6.54 Å². The van der Waals surface area contributed by atoms with E-state index in [9.17, 15) is 27.6 Å². The number of ether oxygens (including phenoxy) is 2. The zero-order valence-corrected chi connectivity index (χ0v) is 37.9. The molecule has 1 aromatic carbocycles. The van der Waals surface area contributed by atoms with E-state index in [1.54, 1.807) is 43.9 Å². The Morgan fingerprint density at radius 3 is 2.48 bits per heavy atom. The molecule has 0 radical (unpaired) electrons. The number of thiazole rings is 1. The van der Waals surface area contributed by atoms with Gasteiger partial charge >= 0.3 is 5.97 Å². The molecule has 326 valence electrons. The summed E-state index contributed by atoms with van der Waals surface area (Å²) < 4.78 is 42.4. The van der Waals surface area contributed by atoms with Crippen LogP contribution in [-0.2, 0) is 33.9 Å². The maximum Gasteiger partial charge on any atom is 0.307 e. The molecule has 2 aromatic heterocycles. The molecule has 2 aliphatic heterocycles. The Morgan fingerprint density at radius 2 is 1.82 bits per heavy atom. The Labute approximate surface area is 358 Å². The summed E-state index contributed by atoms with van der Waals surface area (Å²) in [5.41, 5.74) is 1.49. The largest absolute Gasteiger partial charge is 0.460 e. The number of carbonyl (C=O) groups is 4. The van der Waals surface area contributed by atoms with Gasteiger partial charge in [-0.1, -0.05) is 44.9 Å². The number of fused-ring (bicyclic) bond motifs is 3. The fraction of sp³-hybridized carbons (Fsp3) is 0.644. The molecule has 0 bridgehead atoms. The number of ketones is 1. The number of amides is 2. The van der Waals surface area contributed by atoms with Crippen molar-refractivity contribution in [1.29, 1.82) is 0 Å². The number of allylic oxidation sites excluding steroid dienone is 2. The van der Waals surface area contributed by atoms with Crippen LogP contribution in [0.5, 0.6) is 6.01 Å². The predicted octanol–water partition coefficient (Wildman–Crippen LogP) is 8.04. The summed E-state index contributed by atoms with van der Waals surface area (Å²) in [6.45, 7) is 15.4. The van der Waals surface area contributed by atoms with E-state index in [1.165, 1.54) is 0 Å². The van der Waals surface area contributed by atoms with Crippen LogP contribution < -0.4 is 9.46 Å².